The highest BCUT2D eigenvalue weighted by Crippen LogP contribution is 2.27. The molecule has 0 fully saturated rings. The molecular weight excluding hydrogens is 395 g/mol. The van der Waals surface area contributed by atoms with Crippen LogP contribution < -0.4 is 10.3 Å². The lowest BCUT2D eigenvalue weighted by atomic mass is 10.1. The van der Waals surface area contributed by atoms with E-state index in [2.05, 4.69) is 9.97 Å². The normalized spacial score (nSPS) is 17.0. The maximum Gasteiger partial charge on any atom is 0.411 e. The molecule has 2 aromatic heterocycles. The van der Waals surface area contributed by atoms with Gasteiger partial charge in [0.2, 0.25) is 5.88 Å². The van der Waals surface area contributed by atoms with E-state index >= 15 is 0 Å². The summed E-state index contributed by atoms with van der Waals surface area (Å²) in [4.78, 5) is 21.7. The minimum Gasteiger partial charge on any atom is -0.479 e. The van der Waals surface area contributed by atoms with Crippen molar-refractivity contribution in [3.8, 4) is 5.88 Å². The third-order valence-electron chi connectivity index (χ3n) is 3.95. The summed E-state index contributed by atoms with van der Waals surface area (Å²) in [6.07, 6.45) is 1.39. The summed E-state index contributed by atoms with van der Waals surface area (Å²) in [7, 11) is 1.45. The van der Waals surface area contributed by atoms with Crippen LogP contribution in [0.25, 0.3) is 16.6 Å². The maximum atomic E-state index is 13.1. The molecule has 1 atom stereocenters. The second-order valence-electron chi connectivity index (χ2n) is 5.87. The highest BCUT2D eigenvalue weighted by Gasteiger charge is 2.29. The van der Waals surface area contributed by atoms with Crippen molar-refractivity contribution >= 4 is 28.4 Å². The third kappa shape index (κ3) is 4.39. The lowest BCUT2D eigenvalue weighted by molar-refractivity contribution is -0.180. The first-order valence-corrected chi connectivity index (χ1v) is 9.48. The van der Waals surface area contributed by atoms with Crippen LogP contribution in [0.3, 0.4) is 0 Å². The Morgan fingerprint density at radius 3 is 2.79 bits per heavy atom. The molecular formula is C18H18F3N3O3S. The molecule has 0 spiro atoms. The zero-order valence-corrected chi connectivity index (χ0v) is 16.0. The molecule has 0 aliphatic heterocycles. The molecule has 1 unspecified atom stereocenters. The first-order chi connectivity index (χ1) is 13.3. The van der Waals surface area contributed by atoms with Crippen LogP contribution in [0.5, 0.6) is 5.88 Å². The minimum atomic E-state index is -4.38. The Bertz CT molecular complexity index is 986. The number of nitrogens with zero attached hydrogens (tertiary/aromatic N) is 3. The largest absolute Gasteiger partial charge is 0.479 e. The van der Waals surface area contributed by atoms with E-state index in [-0.39, 0.29) is 17.9 Å². The molecule has 0 bridgehead atoms. The minimum absolute atomic E-state index is 0.224. The SMILES string of the molecule is CCSc1nc2c(OC)nccc2c(=O)n1C1=CCC(OCC(F)(F)F)C=C1. The predicted molar refractivity (Wildman–Crippen MR) is 101 cm³/mol. The van der Waals surface area contributed by atoms with Crippen molar-refractivity contribution in [3.63, 3.8) is 0 Å². The molecule has 0 N–H and O–H groups in total. The topological polar surface area (TPSA) is 66.2 Å². The standard InChI is InChI=1S/C18H18F3N3O3S/c1-3-28-17-23-14-13(8-9-22-15(14)26-2)16(25)24(17)11-4-6-12(7-5-11)27-10-18(19,20)21/h4-6,8-9,12H,3,7,10H2,1-2H3. The van der Waals surface area contributed by atoms with Crippen molar-refractivity contribution in [3.05, 3.63) is 40.8 Å². The van der Waals surface area contributed by atoms with E-state index in [9.17, 15) is 18.0 Å². The van der Waals surface area contributed by atoms with Crippen molar-refractivity contribution in [1.82, 2.24) is 14.5 Å². The quantitative estimate of drug-likeness (QED) is 0.532. The summed E-state index contributed by atoms with van der Waals surface area (Å²) in [5.41, 5.74) is 0.610. The molecule has 28 heavy (non-hydrogen) atoms. The van der Waals surface area contributed by atoms with E-state index in [1.807, 2.05) is 6.92 Å². The molecule has 1 aliphatic carbocycles. The number of allylic oxidation sites excluding steroid dienone is 2. The number of ether oxygens (including phenoxy) is 2. The first-order valence-electron chi connectivity index (χ1n) is 8.49. The van der Waals surface area contributed by atoms with Gasteiger partial charge in [0.1, 0.15) is 12.1 Å². The van der Waals surface area contributed by atoms with Gasteiger partial charge in [0.15, 0.2) is 5.16 Å². The lowest BCUT2D eigenvalue weighted by Gasteiger charge is -2.20. The number of pyridine rings is 1. The molecule has 2 aromatic rings. The zero-order valence-electron chi connectivity index (χ0n) is 15.2. The van der Waals surface area contributed by atoms with E-state index in [1.54, 1.807) is 18.2 Å². The summed E-state index contributed by atoms with van der Waals surface area (Å²) in [6.45, 7) is 0.615. The molecule has 6 nitrogen and oxygen atoms in total. The van der Waals surface area contributed by atoms with Gasteiger partial charge in [-0.15, -0.1) is 0 Å². The van der Waals surface area contributed by atoms with Gasteiger partial charge in [-0.25, -0.2) is 9.97 Å². The van der Waals surface area contributed by atoms with Gasteiger partial charge in [0, 0.05) is 11.9 Å². The van der Waals surface area contributed by atoms with E-state index in [0.717, 1.165) is 0 Å². The van der Waals surface area contributed by atoms with Crippen molar-refractivity contribution in [2.24, 2.45) is 0 Å². The average molecular weight is 413 g/mol. The van der Waals surface area contributed by atoms with Crippen LogP contribution >= 0.6 is 11.8 Å². The smallest absolute Gasteiger partial charge is 0.411 e. The fraction of sp³-hybridized carbons (Fsp3) is 0.389. The first kappa shape index (κ1) is 20.4. The number of fused-ring (bicyclic) bond motifs is 1. The van der Waals surface area contributed by atoms with Crippen LogP contribution in [0.2, 0.25) is 0 Å². The van der Waals surface area contributed by atoms with Gasteiger partial charge in [0.05, 0.1) is 18.6 Å². The summed E-state index contributed by atoms with van der Waals surface area (Å²) in [6, 6.07) is 1.56. The van der Waals surface area contributed by atoms with Crippen molar-refractivity contribution < 1.29 is 22.6 Å². The molecule has 1 aliphatic rings. The van der Waals surface area contributed by atoms with Crippen LogP contribution in [0, 0.1) is 0 Å². The number of alkyl halides is 3. The van der Waals surface area contributed by atoms with Gasteiger partial charge in [-0.2, -0.15) is 13.2 Å². The molecule has 2 heterocycles. The van der Waals surface area contributed by atoms with E-state index < -0.39 is 18.9 Å². The van der Waals surface area contributed by atoms with Gasteiger partial charge in [0.25, 0.3) is 5.56 Å². The van der Waals surface area contributed by atoms with Gasteiger partial charge in [-0.1, -0.05) is 30.8 Å². The van der Waals surface area contributed by atoms with Crippen LogP contribution in [-0.2, 0) is 4.74 Å². The molecule has 150 valence electrons. The molecule has 0 saturated carbocycles. The zero-order chi connectivity index (χ0) is 20.3. The molecule has 0 amide bonds. The Kier molecular flexibility index (Phi) is 6.09. The molecule has 0 saturated heterocycles. The van der Waals surface area contributed by atoms with Crippen LogP contribution in [0.1, 0.15) is 13.3 Å². The van der Waals surface area contributed by atoms with Crippen LogP contribution in [0.4, 0.5) is 13.2 Å². The number of rotatable bonds is 6. The van der Waals surface area contributed by atoms with E-state index in [0.29, 0.717) is 27.5 Å². The Morgan fingerprint density at radius 2 is 2.18 bits per heavy atom. The number of aromatic nitrogens is 3. The van der Waals surface area contributed by atoms with Crippen molar-refractivity contribution in [1.29, 1.82) is 0 Å². The van der Waals surface area contributed by atoms with E-state index in [1.165, 1.54) is 35.7 Å². The Labute approximate surface area is 163 Å². The van der Waals surface area contributed by atoms with Crippen molar-refractivity contribution in [2.75, 3.05) is 19.5 Å². The van der Waals surface area contributed by atoms with Crippen LogP contribution in [0.15, 0.2) is 40.4 Å². The van der Waals surface area contributed by atoms with E-state index in [4.69, 9.17) is 9.47 Å². The summed E-state index contributed by atoms with van der Waals surface area (Å²) in [5, 5.41) is 0.800. The summed E-state index contributed by atoms with van der Waals surface area (Å²) >= 11 is 1.37. The molecule has 0 aromatic carbocycles. The van der Waals surface area contributed by atoms with Gasteiger partial charge in [-0.05, 0) is 24.3 Å². The number of halogens is 3. The number of hydrogen-bond acceptors (Lipinski definition) is 6. The van der Waals surface area contributed by atoms with Gasteiger partial charge < -0.3 is 9.47 Å². The molecule has 3 rings (SSSR count). The Balaban J connectivity index is 1.98. The Morgan fingerprint density at radius 1 is 1.39 bits per heavy atom. The monoisotopic (exact) mass is 413 g/mol. The average Bonchev–Trinajstić information content (AvgIpc) is 2.66. The third-order valence-corrected chi connectivity index (χ3v) is 4.77. The summed E-state index contributed by atoms with van der Waals surface area (Å²) < 4.78 is 48.5. The second-order valence-corrected chi connectivity index (χ2v) is 7.10. The highest BCUT2D eigenvalue weighted by molar-refractivity contribution is 7.99. The molecule has 10 heteroatoms. The summed E-state index contributed by atoms with van der Waals surface area (Å²) in [5.74, 6) is 0.933. The second kappa shape index (κ2) is 8.36. The lowest BCUT2D eigenvalue weighted by Crippen LogP contribution is -2.26. The number of thioether (sulfide) groups is 1. The Hall–Kier alpha value is -2.33. The number of hydrogen-bond donors (Lipinski definition) is 0. The highest BCUT2D eigenvalue weighted by atomic mass is 32.2. The fourth-order valence-electron chi connectivity index (χ4n) is 2.75. The van der Waals surface area contributed by atoms with Gasteiger partial charge >= 0.3 is 6.18 Å². The maximum absolute atomic E-state index is 13.1. The fourth-order valence-corrected chi connectivity index (χ4v) is 3.48. The molecule has 0 radical (unpaired) electrons. The van der Waals surface area contributed by atoms with Crippen LogP contribution in [-0.4, -0.2) is 46.3 Å². The van der Waals surface area contributed by atoms with Gasteiger partial charge in [-0.3, -0.25) is 9.36 Å². The predicted octanol–water partition coefficient (Wildman–Crippen LogP) is 3.66. The number of methoxy groups -OCH3 is 1. The van der Waals surface area contributed by atoms with Crippen molar-refractivity contribution in [2.45, 2.75) is 30.8 Å².